The molecule has 0 aliphatic rings. The first-order valence-corrected chi connectivity index (χ1v) is 8.15. The first-order chi connectivity index (χ1) is 8.74. The third-order valence-electron chi connectivity index (χ3n) is 2.78. The van der Waals surface area contributed by atoms with Crippen molar-refractivity contribution in [2.45, 2.75) is 32.1 Å². The predicted molar refractivity (Wildman–Crippen MR) is 76.5 cm³/mol. The van der Waals surface area contributed by atoms with Crippen LogP contribution in [0.3, 0.4) is 0 Å². The monoisotopic (exact) mass is 306 g/mol. The number of ether oxygens (including phenoxy) is 1. The van der Waals surface area contributed by atoms with Gasteiger partial charge in [-0.25, -0.2) is 8.42 Å². The number of aliphatic hydroxyl groups excluding tert-OH is 1. The lowest BCUT2D eigenvalue weighted by atomic mass is 10.1. The largest absolute Gasteiger partial charge is 0.491 e. The molecule has 1 atom stereocenters. The van der Waals surface area contributed by atoms with E-state index in [1.807, 2.05) is 0 Å². The summed E-state index contributed by atoms with van der Waals surface area (Å²) in [7, 11) is -3.11. The molecule has 0 spiro atoms. The third kappa shape index (κ3) is 4.67. The number of halogens is 1. The van der Waals surface area contributed by atoms with Crippen LogP contribution in [0.25, 0.3) is 0 Å². The Morgan fingerprint density at radius 1 is 1.32 bits per heavy atom. The first kappa shape index (κ1) is 16.3. The maximum Gasteiger partial charge on any atom is 0.155 e. The second-order valence-electron chi connectivity index (χ2n) is 4.63. The molecule has 1 aromatic rings. The van der Waals surface area contributed by atoms with Crippen molar-refractivity contribution in [1.82, 2.24) is 0 Å². The Morgan fingerprint density at radius 3 is 2.42 bits per heavy atom. The van der Waals surface area contributed by atoms with E-state index in [9.17, 15) is 13.5 Å². The SMILES string of the molecule is CC(C)S(=O)(=O)CCOc1ccc([C@H](C)O)cc1Cl. The van der Waals surface area contributed by atoms with Crippen LogP contribution in [-0.4, -0.2) is 31.1 Å². The summed E-state index contributed by atoms with van der Waals surface area (Å²) >= 11 is 6.00. The van der Waals surface area contributed by atoms with Crippen LogP contribution in [0.5, 0.6) is 5.75 Å². The van der Waals surface area contributed by atoms with Crippen LogP contribution in [0, 0.1) is 0 Å². The zero-order chi connectivity index (χ0) is 14.6. The topological polar surface area (TPSA) is 63.6 Å². The van der Waals surface area contributed by atoms with E-state index in [2.05, 4.69) is 0 Å². The summed E-state index contributed by atoms with van der Waals surface area (Å²) in [6.45, 7) is 4.98. The van der Waals surface area contributed by atoms with Crippen molar-refractivity contribution in [2.24, 2.45) is 0 Å². The molecule has 0 amide bonds. The van der Waals surface area contributed by atoms with E-state index in [-0.39, 0.29) is 12.4 Å². The fourth-order valence-electron chi connectivity index (χ4n) is 1.40. The molecule has 1 aromatic carbocycles. The van der Waals surface area contributed by atoms with Crippen molar-refractivity contribution in [3.8, 4) is 5.75 Å². The Kier molecular flexibility index (Phi) is 5.64. The van der Waals surface area contributed by atoms with Gasteiger partial charge in [0.2, 0.25) is 0 Å². The molecule has 0 unspecified atom stereocenters. The molecular formula is C13H19ClO4S. The van der Waals surface area contributed by atoms with Crippen molar-refractivity contribution in [2.75, 3.05) is 12.4 Å². The standard InChI is InChI=1S/C13H19ClO4S/c1-9(2)19(16,17)7-6-18-13-5-4-11(10(3)15)8-12(13)14/h4-5,8-10,15H,6-7H2,1-3H3/t10-/m0/s1. The van der Waals surface area contributed by atoms with Crippen LogP contribution in [-0.2, 0) is 9.84 Å². The lowest BCUT2D eigenvalue weighted by Gasteiger charge is -2.12. The molecular weight excluding hydrogens is 288 g/mol. The van der Waals surface area contributed by atoms with Gasteiger partial charge in [0.25, 0.3) is 0 Å². The second kappa shape index (κ2) is 6.59. The van der Waals surface area contributed by atoms with Gasteiger partial charge in [0.1, 0.15) is 12.4 Å². The highest BCUT2D eigenvalue weighted by molar-refractivity contribution is 7.91. The van der Waals surface area contributed by atoms with Crippen molar-refractivity contribution >= 4 is 21.4 Å². The molecule has 0 aliphatic carbocycles. The lowest BCUT2D eigenvalue weighted by Crippen LogP contribution is -2.22. The van der Waals surface area contributed by atoms with Crippen LogP contribution in [0.1, 0.15) is 32.4 Å². The Labute approximate surface area is 119 Å². The Bertz CT molecular complexity index is 523. The van der Waals surface area contributed by atoms with Gasteiger partial charge in [0.05, 0.1) is 22.1 Å². The predicted octanol–water partition coefficient (Wildman–Crippen LogP) is 2.60. The number of aliphatic hydroxyl groups is 1. The summed E-state index contributed by atoms with van der Waals surface area (Å²) in [4.78, 5) is 0. The van der Waals surface area contributed by atoms with Crippen molar-refractivity contribution < 1.29 is 18.3 Å². The molecule has 0 saturated heterocycles. The molecule has 19 heavy (non-hydrogen) atoms. The summed E-state index contributed by atoms with van der Waals surface area (Å²) in [6, 6.07) is 4.94. The van der Waals surface area contributed by atoms with Crippen molar-refractivity contribution in [3.05, 3.63) is 28.8 Å². The number of sulfone groups is 1. The van der Waals surface area contributed by atoms with E-state index in [1.54, 1.807) is 39.0 Å². The maximum absolute atomic E-state index is 11.6. The summed E-state index contributed by atoms with van der Waals surface area (Å²) in [5.41, 5.74) is 0.687. The van der Waals surface area contributed by atoms with Crippen molar-refractivity contribution in [1.29, 1.82) is 0 Å². The fourth-order valence-corrected chi connectivity index (χ4v) is 2.43. The Morgan fingerprint density at radius 2 is 1.95 bits per heavy atom. The first-order valence-electron chi connectivity index (χ1n) is 6.06. The molecule has 4 nitrogen and oxygen atoms in total. The van der Waals surface area contributed by atoms with E-state index >= 15 is 0 Å². The smallest absolute Gasteiger partial charge is 0.155 e. The van der Waals surface area contributed by atoms with Crippen LogP contribution >= 0.6 is 11.6 Å². The van der Waals surface area contributed by atoms with Gasteiger partial charge in [-0.3, -0.25) is 0 Å². The number of hydrogen-bond acceptors (Lipinski definition) is 4. The van der Waals surface area contributed by atoms with Crippen LogP contribution < -0.4 is 4.74 Å². The normalized spacial score (nSPS) is 13.6. The van der Waals surface area contributed by atoms with Gasteiger partial charge in [-0.1, -0.05) is 17.7 Å². The fraction of sp³-hybridized carbons (Fsp3) is 0.538. The molecule has 1 N–H and O–H groups in total. The van der Waals surface area contributed by atoms with Gasteiger partial charge in [-0.2, -0.15) is 0 Å². The van der Waals surface area contributed by atoms with Crippen LogP contribution in [0.2, 0.25) is 5.02 Å². The highest BCUT2D eigenvalue weighted by atomic mass is 35.5. The average Bonchev–Trinajstić information content (AvgIpc) is 2.30. The Balaban J connectivity index is 2.65. The molecule has 0 radical (unpaired) electrons. The van der Waals surface area contributed by atoms with Gasteiger partial charge in [-0.05, 0) is 38.5 Å². The molecule has 6 heteroatoms. The minimum atomic E-state index is -3.11. The molecule has 0 fully saturated rings. The van der Waals surface area contributed by atoms with Gasteiger partial charge in [0.15, 0.2) is 9.84 Å². The summed E-state index contributed by atoms with van der Waals surface area (Å²) in [5.74, 6) is 0.379. The number of benzene rings is 1. The van der Waals surface area contributed by atoms with Gasteiger partial charge in [0, 0.05) is 0 Å². The minimum absolute atomic E-state index is 0.0425. The molecule has 0 aromatic heterocycles. The highest BCUT2D eigenvalue weighted by Crippen LogP contribution is 2.27. The zero-order valence-electron chi connectivity index (χ0n) is 11.3. The molecule has 1 rings (SSSR count). The zero-order valence-corrected chi connectivity index (χ0v) is 12.8. The summed E-state index contributed by atoms with van der Waals surface area (Å²) in [5, 5.41) is 9.35. The second-order valence-corrected chi connectivity index (χ2v) is 7.71. The average molecular weight is 307 g/mol. The van der Waals surface area contributed by atoms with E-state index in [0.717, 1.165) is 0 Å². The highest BCUT2D eigenvalue weighted by Gasteiger charge is 2.16. The number of rotatable bonds is 6. The van der Waals surface area contributed by atoms with E-state index < -0.39 is 21.2 Å². The van der Waals surface area contributed by atoms with Gasteiger partial charge in [-0.15, -0.1) is 0 Å². The molecule has 0 aliphatic heterocycles. The Hall–Kier alpha value is -0.780. The third-order valence-corrected chi connectivity index (χ3v) is 5.25. The number of hydrogen-bond donors (Lipinski definition) is 1. The summed E-state index contributed by atoms with van der Waals surface area (Å²) in [6.07, 6.45) is -0.604. The van der Waals surface area contributed by atoms with Crippen LogP contribution in [0.15, 0.2) is 18.2 Å². The molecule has 0 bridgehead atoms. The maximum atomic E-state index is 11.6. The van der Waals surface area contributed by atoms with Gasteiger partial charge < -0.3 is 9.84 Å². The van der Waals surface area contributed by atoms with E-state index in [1.165, 1.54) is 0 Å². The van der Waals surface area contributed by atoms with Gasteiger partial charge >= 0.3 is 0 Å². The molecule has 0 saturated carbocycles. The quantitative estimate of drug-likeness (QED) is 0.877. The van der Waals surface area contributed by atoms with Crippen molar-refractivity contribution in [3.63, 3.8) is 0 Å². The van der Waals surface area contributed by atoms with E-state index in [4.69, 9.17) is 16.3 Å². The minimum Gasteiger partial charge on any atom is -0.491 e. The molecule has 0 heterocycles. The lowest BCUT2D eigenvalue weighted by molar-refractivity contribution is 0.199. The molecule has 108 valence electrons. The van der Waals surface area contributed by atoms with Crippen LogP contribution in [0.4, 0.5) is 0 Å². The van der Waals surface area contributed by atoms with E-state index in [0.29, 0.717) is 16.3 Å². The summed E-state index contributed by atoms with van der Waals surface area (Å²) < 4.78 is 28.6.